The van der Waals surface area contributed by atoms with E-state index in [0.29, 0.717) is 19.4 Å². The van der Waals surface area contributed by atoms with Gasteiger partial charge in [0, 0.05) is 19.4 Å². The monoisotopic (exact) mass is 899 g/mol. The summed E-state index contributed by atoms with van der Waals surface area (Å²) in [6.45, 7) is 7.83. The van der Waals surface area contributed by atoms with Crippen LogP contribution in [0.3, 0.4) is 0 Å². The fourth-order valence-electron chi connectivity index (χ4n) is 8.32. The quantitative estimate of drug-likeness (QED) is 0.0346. The lowest BCUT2D eigenvalue weighted by atomic mass is 10.1. The summed E-state index contributed by atoms with van der Waals surface area (Å²) in [4.78, 5) is 25.5. The van der Waals surface area contributed by atoms with Crippen LogP contribution < -0.4 is 0 Å². The second-order valence-corrected chi connectivity index (χ2v) is 19.2. The molecule has 0 rings (SSSR count). The molecule has 0 fully saturated rings. The van der Waals surface area contributed by atoms with Crippen LogP contribution in [0.1, 0.15) is 303 Å². The highest BCUT2D eigenvalue weighted by atomic mass is 16.6. The van der Waals surface area contributed by atoms with Crippen LogP contribution in [0.15, 0.2) is 36.5 Å². The van der Waals surface area contributed by atoms with Crippen LogP contribution in [-0.4, -0.2) is 37.9 Å². The summed E-state index contributed by atoms with van der Waals surface area (Å²) in [5.41, 5.74) is 0. The van der Waals surface area contributed by atoms with Crippen molar-refractivity contribution in [3.05, 3.63) is 36.5 Å². The minimum atomic E-state index is -0.541. The van der Waals surface area contributed by atoms with Crippen molar-refractivity contribution in [1.29, 1.82) is 0 Å². The van der Waals surface area contributed by atoms with Gasteiger partial charge in [-0.3, -0.25) is 9.59 Å². The maximum atomic E-state index is 12.8. The molecule has 5 nitrogen and oxygen atoms in total. The van der Waals surface area contributed by atoms with Gasteiger partial charge in [-0.15, -0.1) is 0 Å². The zero-order valence-electron chi connectivity index (χ0n) is 43.3. The van der Waals surface area contributed by atoms with E-state index in [1.165, 1.54) is 218 Å². The number of hydrogen-bond donors (Lipinski definition) is 0. The first-order valence-corrected chi connectivity index (χ1v) is 28.5. The summed E-state index contributed by atoms with van der Waals surface area (Å²) in [5, 5.41) is 0. The Hall–Kier alpha value is -1.88. The van der Waals surface area contributed by atoms with Gasteiger partial charge in [-0.2, -0.15) is 0 Å². The number of esters is 2. The Morgan fingerprint density at radius 3 is 0.969 bits per heavy atom. The maximum absolute atomic E-state index is 12.8. The summed E-state index contributed by atoms with van der Waals surface area (Å²) in [6.07, 6.45) is 67.3. The van der Waals surface area contributed by atoms with Crippen molar-refractivity contribution in [2.24, 2.45) is 0 Å². The van der Waals surface area contributed by atoms with E-state index in [2.05, 4.69) is 57.2 Å². The van der Waals surface area contributed by atoms with Gasteiger partial charge < -0.3 is 14.2 Å². The van der Waals surface area contributed by atoms with E-state index in [0.717, 1.165) is 51.4 Å². The molecule has 0 amide bonds. The predicted molar refractivity (Wildman–Crippen MR) is 279 cm³/mol. The SMILES string of the molecule is CCCCCC/C=C\CCCCCCCCOCC(COC(=O)CCCCCCCCCCC/C=C\CCCCCCCC)OC(=O)CCCCCCC/C=C\CCCCCCCC. The minimum absolute atomic E-state index is 0.0824. The Balaban J connectivity index is 4.23. The second kappa shape index (κ2) is 55.4. The molecule has 0 aliphatic heterocycles. The number of carbonyl (C=O) groups excluding carboxylic acids is 2. The molecule has 0 aromatic rings. The van der Waals surface area contributed by atoms with Gasteiger partial charge in [-0.25, -0.2) is 0 Å². The normalized spacial score (nSPS) is 12.4. The average molecular weight is 900 g/mol. The largest absolute Gasteiger partial charge is 0.462 e. The summed E-state index contributed by atoms with van der Waals surface area (Å²) < 4.78 is 17.5. The van der Waals surface area contributed by atoms with Gasteiger partial charge in [0.15, 0.2) is 6.10 Å². The zero-order valence-corrected chi connectivity index (χ0v) is 43.3. The minimum Gasteiger partial charge on any atom is -0.462 e. The third-order valence-corrected chi connectivity index (χ3v) is 12.6. The van der Waals surface area contributed by atoms with E-state index in [4.69, 9.17) is 14.2 Å². The van der Waals surface area contributed by atoms with Crippen molar-refractivity contribution in [2.75, 3.05) is 19.8 Å². The highest BCUT2D eigenvalue weighted by Crippen LogP contribution is 2.15. The van der Waals surface area contributed by atoms with Gasteiger partial charge >= 0.3 is 11.9 Å². The molecular weight excluding hydrogens is 789 g/mol. The molecule has 0 spiro atoms. The number of ether oxygens (including phenoxy) is 3. The standard InChI is InChI=1S/C59H110O5/c1-4-7-10-13-16-19-22-25-28-29-30-31-33-34-37-40-43-46-49-52-58(60)63-56-57(55-62-54-51-48-45-42-39-36-27-24-21-18-15-12-9-6-3)64-59(61)53-50-47-44-41-38-35-32-26-23-20-17-14-11-8-5-2/h21,24-26,28,32,57H,4-20,22-23,27,29-31,33-56H2,1-3H3/b24-21-,28-25-,32-26-. The molecule has 0 aliphatic rings. The fraction of sp³-hybridized carbons (Fsp3) is 0.864. The van der Waals surface area contributed by atoms with Crippen molar-refractivity contribution in [2.45, 2.75) is 309 Å². The molecule has 376 valence electrons. The van der Waals surface area contributed by atoms with Crippen molar-refractivity contribution in [1.82, 2.24) is 0 Å². The maximum Gasteiger partial charge on any atom is 0.306 e. The van der Waals surface area contributed by atoms with Crippen LogP contribution in [0, 0.1) is 0 Å². The van der Waals surface area contributed by atoms with Gasteiger partial charge in [-0.1, -0.05) is 231 Å². The highest BCUT2D eigenvalue weighted by Gasteiger charge is 2.17. The average Bonchev–Trinajstić information content (AvgIpc) is 3.30. The Labute approximate surface area is 400 Å². The molecule has 0 N–H and O–H groups in total. The summed E-state index contributed by atoms with van der Waals surface area (Å²) in [6, 6.07) is 0. The Bertz CT molecular complexity index is 1020. The van der Waals surface area contributed by atoms with E-state index < -0.39 is 6.10 Å². The molecule has 0 aromatic carbocycles. The number of rotatable bonds is 53. The first-order valence-electron chi connectivity index (χ1n) is 28.5. The van der Waals surface area contributed by atoms with E-state index in [9.17, 15) is 9.59 Å². The molecule has 0 aromatic heterocycles. The first kappa shape index (κ1) is 62.1. The first-order chi connectivity index (χ1) is 31.6. The molecule has 0 bridgehead atoms. The van der Waals surface area contributed by atoms with Crippen molar-refractivity contribution < 1.29 is 23.8 Å². The highest BCUT2D eigenvalue weighted by molar-refractivity contribution is 5.70. The van der Waals surface area contributed by atoms with Gasteiger partial charge in [0.2, 0.25) is 0 Å². The molecule has 1 atom stereocenters. The molecule has 1 unspecified atom stereocenters. The summed E-state index contributed by atoms with van der Waals surface area (Å²) in [7, 11) is 0. The number of hydrogen-bond acceptors (Lipinski definition) is 5. The van der Waals surface area contributed by atoms with E-state index in [-0.39, 0.29) is 25.2 Å². The van der Waals surface area contributed by atoms with Crippen molar-refractivity contribution >= 4 is 11.9 Å². The van der Waals surface area contributed by atoms with Crippen molar-refractivity contribution in [3.63, 3.8) is 0 Å². The topological polar surface area (TPSA) is 61.8 Å². The van der Waals surface area contributed by atoms with Crippen LogP contribution >= 0.6 is 0 Å². The fourth-order valence-corrected chi connectivity index (χ4v) is 8.32. The Kier molecular flexibility index (Phi) is 53.8. The van der Waals surface area contributed by atoms with Gasteiger partial charge in [0.05, 0.1) is 6.61 Å². The van der Waals surface area contributed by atoms with Crippen LogP contribution in [0.2, 0.25) is 0 Å². The van der Waals surface area contributed by atoms with Crippen molar-refractivity contribution in [3.8, 4) is 0 Å². The van der Waals surface area contributed by atoms with E-state index >= 15 is 0 Å². The molecule has 0 saturated heterocycles. The van der Waals surface area contributed by atoms with Gasteiger partial charge in [0.25, 0.3) is 0 Å². The third kappa shape index (κ3) is 52.7. The van der Waals surface area contributed by atoms with Gasteiger partial charge in [0.1, 0.15) is 6.61 Å². The smallest absolute Gasteiger partial charge is 0.306 e. The third-order valence-electron chi connectivity index (χ3n) is 12.6. The Morgan fingerprint density at radius 2 is 0.609 bits per heavy atom. The zero-order chi connectivity index (χ0) is 46.3. The molecule has 0 aliphatic carbocycles. The molecule has 5 heteroatoms. The Morgan fingerprint density at radius 1 is 0.328 bits per heavy atom. The molecule has 64 heavy (non-hydrogen) atoms. The summed E-state index contributed by atoms with van der Waals surface area (Å²) >= 11 is 0. The van der Waals surface area contributed by atoms with Crippen LogP contribution in [0.5, 0.6) is 0 Å². The van der Waals surface area contributed by atoms with E-state index in [1.54, 1.807) is 0 Å². The lowest BCUT2D eigenvalue weighted by Gasteiger charge is -2.18. The lowest BCUT2D eigenvalue weighted by Crippen LogP contribution is -2.30. The molecule has 0 heterocycles. The second-order valence-electron chi connectivity index (χ2n) is 19.2. The van der Waals surface area contributed by atoms with Crippen LogP contribution in [-0.2, 0) is 23.8 Å². The van der Waals surface area contributed by atoms with Gasteiger partial charge in [-0.05, 0) is 96.3 Å². The summed E-state index contributed by atoms with van der Waals surface area (Å²) in [5.74, 6) is -0.397. The van der Waals surface area contributed by atoms with E-state index in [1.807, 2.05) is 0 Å². The number of carbonyl (C=O) groups is 2. The molecule has 0 radical (unpaired) electrons. The molecule has 0 saturated carbocycles. The van der Waals surface area contributed by atoms with Crippen LogP contribution in [0.4, 0.5) is 0 Å². The number of allylic oxidation sites excluding steroid dienone is 6. The van der Waals surface area contributed by atoms with Crippen LogP contribution in [0.25, 0.3) is 0 Å². The predicted octanol–water partition coefficient (Wildman–Crippen LogP) is 19.4. The lowest BCUT2D eigenvalue weighted by molar-refractivity contribution is -0.163. The molecular formula is C59H110O5. The number of unbranched alkanes of at least 4 members (excludes halogenated alkanes) is 36.